The molecule has 4 rings (SSSR count). The number of para-hydroxylation sites is 2. The van der Waals surface area contributed by atoms with Gasteiger partial charge in [-0.25, -0.2) is 0 Å². The van der Waals surface area contributed by atoms with Crippen LogP contribution in [0.1, 0.15) is 23.6 Å². The van der Waals surface area contributed by atoms with E-state index >= 15 is 0 Å². The molecule has 0 fully saturated rings. The van der Waals surface area contributed by atoms with Gasteiger partial charge in [0.2, 0.25) is 0 Å². The highest BCUT2D eigenvalue weighted by atomic mass is 16.6. The molecule has 0 radical (unpaired) electrons. The first-order valence-electron chi connectivity index (χ1n) is 9.14. The third-order valence-corrected chi connectivity index (χ3v) is 4.93. The number of nitrogens with zero attached hydrogens (tertiary/aromatic N) is 3. The number of benzene rings is 3. The smallest absolute Gasteiger partial charge is 0.301 e. The summed E-state index contributed by atoms with van der Waals surface area (Å²) in [6, 6.07) is 17.4. The quantitative estimate of drug-likeness (QED) is 0.275. The van der Waals surface area contributed by atoms with E-state index in [-0.39, 0.29) is 11.4 Å². The molecular weight excluding hydrogens is 386 g/mol. The third kappa shape index (κ3) is 3.55. The first kappa shape index (κ1) is 19.1. The van der Waals surface area contributed by atoms with Crippen molar-refractivity contribution < 1.29 is 9.85 Å². The zero-order valence-corrected chi connectivity index (χ0v) is 16.0. The van der Waals surface area contributed by atoms with Gasteiger partial charge >= 0.3 is 5.69 Å². The highest BCUT2D eigenvalue weighted by Crippen LogP contribution is 2.35. The van der Waals surface area contributed by atoms with Gasteiger partial charge in [-0.15, -0.1) is 0 Å². The zero-order valence-electron chi connectivity index (χ0n) is 16.0. The van der Waals surface area contributed by atoms with Gasteiger partial charge in [-0.2, -0.15) is 5.10 Å². The second kappa shape index (κ2) is 7.63. The number of nitrogens with one attached hydrogen (secondary N) is 2. The standard InChI is InChI=1S/C21H17N5O4/c1-13(23-24-19-10-9-16(25(27)28)12-20(19)26(29)30)17-7-4-6-15-11-14-5-2-3-8-18(14)22-21(15)17/h2-10,12,22,24H,11H2,1H3/b23-13+. The van der Waals surface area contributed by atoms with E-state index in [2.05, 4.69) is 21.9 Å². The number of rotatable bonds is 5. The van der Waals surface area contributed by atoms with Crippen LogP contribution in [0.15, 0.2) is 65.8 Å². The topological polar surface area (TPSA) is 123 Å². The zero-order chi connectivity index (χ0) is 21.3. The molecule has 1 aliphatic rings. The molecule has 0 aliphatic carbocycles. The Balaban J connectivity index is 1.65. The van der Waals surface area contributed by atoms with E-state index in [0.29, 0.717) is 5.71 Å². The van der Waals surface area contributed by atoms with Crippen molar-refractivity contribution in [2.75, 3.05) is 10.7 Å². The summed E-state index contributed by atoms with van der Waals surface area (Å²) in [5.41, 5.74) is 7.77. The van der Waals surface area contributed by atoms with Gasteiger partial charge in [-0.3, -0.25) is 25.7 Å². The van der Waals surface area contributed by atoms with Crippen LogP contribution in [0, 0.1) is 20.2 Å². The maximum Gasteiger partial charge on any atom is 0.301 e. The number of nitro benzene ring substituents is 2. The van der Waals surface area contributed by atoms with Gasteiger partial charge in [-0.05, 0) is 30.2 Å². The third-order valence-electron chi connectivity index (χ3n) is 4.93. The summed E-state index contributed by atoms with van der Waals surface area (Å²) < 4.78 is 0. The Morgan fingerprint density at radius 2 is 1.77 bits per heavy atom. The minimum atomic E-state index is -0.678. The molecule has 0 saturated carbocycles. The van der Waals surface area contributed by atoms with Crippen LogP contribution in [0.3, 0.4) is 0 Å². The summed E-state index contributed by atoms with van der Waals surface area (Å²) in [6.07, 6.45) is 0.793. The lowest BCUT2D eigenvalue weighted by Gasteiger charge is -2.23. The Morgan fingerprint density at radius 3 is 2.53 bits per heavy atom. The Labute approximate surface area is 171 Å². The predicted octanol–water partition coefficient (Wildman–Crippen LogP) is 4.99. The van der Waals surface area contributed by atoms with Crippen molar-refractivity contribution in [3.8, 4) is 0 Å². The largest absolute Gasteiger partial charge is 0.355 e. The fraction of sp³-hybridized carbons (Fsp3) is 0.0952. The lowest BCUT2D eigenvalue weighted by molar-refractivity contribution is -0.393. The first-order valence-corrected chi connectivity index (χ1v) is 9.14. The maximum atomic E-state index is 11.3. The summed E-state index contributed by atoms with van der Waals surface area (Å²) in [5.74, 6) is 0. The summed E-state index contributed by atoms with van der Waals surface area (Å²) in [4.78, 5) is 20.8. The van der Waals surface area contributed by atoms with Crippen molar-refractivity contribution in [2.45, 2.75) is 13.3 Å². The summed E-state index contributed by atoms with van der Waals surface area (Å²) in [6.45, 7) is 1.79. The summed E-state index contributed by atoms with van der Waals surface area (Å²) >= 11 is 0. The van der Waals surface area contributed by atoms with E-state index in [9.17, 15) is 20.2 Å². The Bertz CT molecular complexity index is 1210. The number of nitro groups is 2. The van der Waals surface area contributed by atoms with Crippen molar-refractivity contribution in [3.63, 3.8) is 0 Å². The number of fused-ring (bicyclic) bond motifs is 2. The number of hydrogen-bond donors (Lipinski definition) is 2. The SMILES string of the molecule is C/C(=N\Nc1ccc([N+](=O)[O-])cc1[N+](=O)[O-])c1cccc2c1Nc1ccccc1C2. The van der Waals surface area contributed by atoms with E-state index in [1.165, 1.54) is 17.7 Å². The van der Waals surface area contributed by atoms with Gasteiger partial charge in [0, 0.05) is 23.7 Å². The van der Waals surface area contributed by atoms with Crippen LogP contribution in [0.5, 0.6) is 0 Å². The molecule has 0 bridgehead atoms. The van der Waals surface area contributed by atoms with E-state index < -0.39 is 15.5 Å². The molecule has 9 heteroatoms. The molecule has 0 spiro atoms. The number of hydrazone groups is 1. The van der Waals surface area contributed by atoms with Gasteiger partial charge in [0.1, 0.15) is 5.69 Å². The van der Waals surface area contributed by atoms with E-state index in [1.54, 1.807) is 6.92 Å². The van der Waals surface area contributed by atoms with Crippen molar-refractivity contribution in [3.05, 3.63) is 97.6 Å². The predicted molar refractivity (Wildman–Crippen MR) is 115 cm³/mol. The molecule has 0 unspecified atom stereocenters. The van der Waals surface area contributed by atoms with E-state index in [0.717, 1.165) is 35.0 Å². The molecule has 3 aromatic carbocycles. The molecule has 0 atom stereocenters. The van der Waals surface area contributed by atoms with Crippen LogP contribution in [0.4, 0.5) is 28.4 Å². The molecule has 0 aromatic heterocycles. The van der Waals surface area contributed by atoms with E-state index in [4.69, 9.17) is 0 Å². The summed E-state index contributed by atoms with van der Waals surface area (Å²) in [7, 11) is 0. The van der Waals surface area contributed by atoms with Crippen LogP contribution in [0.2, 0.25) is 0 Å². The summed E-state index contributed by atoms with van der Waals surface area (Å²) in [5, 5.41) is 29.9. The fourth-order valence-electron chi connectivity index (χ4n) is 3.42. The van der Waals surface area contributed by atoms with Crippen LogP contribution in [-0.2, 0) is 6.42 Å². The first-order chi connectivity index (χ1) is 14.4. The minimum absolute atomic E-state index is 0.0769. The second-order valence-corrected chi connectivity index (χ2v) is 6.82. The monoisotopic (exact) mass is 403 g/mol. The maximum absolute atomic E-state index is 11.3. The van der Waals surface area contributed by atoms with Crippen molar-refractivity contribution in [2.24, 2.45) is 5.10 Å². The molecule has 2 N–H and O–H groups in total. The average Bonchev–Trinajstić information content (AvgIpc) is 2.75. The molecule has 30 heavy (non-hydrogen) atoms. The Kier molecular flexibility index (Phi) is 4.85. The Hall–Kier alpha value is -4.27. The molecule has 1 aliphatic heterocycles. The normalized spacial score (nSPS) is 12.4. The average molecular weight is 403 g/mol. The van der Waals surface area contributed by atoms with Gasteiger partial charge in [0.25, 0.3) is 5.69 Å². The van der Waals surface area contributed by atoms with Crippen molar-refractivity contribution in [1.29, 1.82) is 0 Å². The molecule has 0 saturated heterocycles. The van der Waals surface area contributed by atoms with Crippen LogP contribution >= 0.6 is 0 Å². The molecule has 3 aromatic rings. The van der Waals surface area contributed by atoms with Crippen molar-refractivity contribution in [1.82, 2.24) is 0 Å². The Morgan fingerprint density at radius 1 is 1.00 bits per heavy atom. The number of anilines is 3. The highest BCUT2D eigenvalue weighted by molar-refractivity contribution is 6.05. The lowest BCUT2D eigenvalue weighted by atomic mass is 9.93. The van der Waals surface area contributed by atoms with Crippen LogP contribution < -0.4 is 10.7 Å². The fourth-order valence-corrected chi connectivity index (χ4v) is 3.42. The molecule has 0 amide bonds. The van der Waals surface area contributed by atoms with E-state index in [1.807, 2.05) is 36.4 Å². The second-order valence-electron chi connectivity index (χ2n) is 6.82. The van der Waals surface area contributed by atoms with Crippen LogP contribution in [-0.4, -0.2) is 15.6 Å². The minimum Gasteiger partial charge on any atom is -0.355 e. The number of non-ortho nitro benzene ring substituents is 1. The molecule has 9 nitrogen and oxygen atoms in total. The van der Waals surface area contributed by atoms with Crippen LogP contribution in [0.25, 0.3) is 0 Å². The lowest BCUT2D eigenvalue weighted by Crippen LogP contribution is -2.12. The van der Waals surface area contributed by atoms with Gasteiger partial charge < -0.3 is 5.32 Å². The van der Waals surface area contributed by atoms with Gasteiger partial charge in [0.15, 0.2) is 0 Å². The number of hydrogen-bond acceptors (Lipinski definition) is 7. The van der Waals surface area contributed by atoms with Gasteiger partial charge in [0.05, 0.1) is 27.3 Å². The van der Waals surface area contributed by atoms with Crippen molar-refractivity contribution >= 4 is 34.1 Å². The molecular formula is C21H17N5O4. The molecule has 150 valence electrons. The van der Waals surface area contributed by atoms with Gasteiger partial charge in [-0.1, -0.05) is 36.4 Å². The highest BCUT2D eigenvalue weighted by Gasteiger charge is 2.20. The molecule has 1 heterocycles.